The zero-order valence-electron chi connectivity index (χ0n) is 13.7. The first-order valence-electron chi connectivity index (χ1n) is 8.06. The van der Waals surface area contributed by atoms with Gasteiger partial charge in [-0.05, 0) is 47.7 Å². The molecule has 4 heteroatoms. The molecular formula is C20H20ClNO2. The fourth-order valence-corrected chi connectivity index (χ4v) is 3.15. The zero-order chi connectivity index (χ0) is 16.9. The first kappa shape index (κ1) is 16.7. The van der Waals surface area contributed by atoms with Crippen molar-refractivity contribution in [3.63, 3.8) is 0 Å². The number of hydrogen-bond donors (Lipinski definition) is 0. The molecule has 1 atom stereocenters. The van der Waals surface area contributed by atoms with Gasteiger partial charge in [-0.15, -0.1) is 0 Å². The molecular weight excluding hydrogens is 322 g/mol. The molecule has 1 saturated carbocycles. The summed E-state index contributed by atoms with van der Waals surface area (Å²) in [5.41, 5.74) is 3.26. The fourth-order valence-electron chi connectivity index (χ4n) is 3.03. The van der Waals surface area contributed by atoms with Gasteiger partial charge in [-0.1, -0.05) is 35.9 Å². The lowest BCUT2D eigenvalue weighted by Gasteiger charge is -2.23. The van der Waals surface area contributed by atoms with E-state index in [1.54, 1.807) is 7.11 Å². The van der Waals surface area contributed by atoms with Crippen LogP contribution < -0.4 is 4.74 Å². The first-order chi connectivity index (χ1) is 11.6. The quantitative estimate of drug-likeness (QED) is 0.799. The molecule has 124 valence electrons. The molecule has 0 aromatic heterocycles. The van der Waals surface area contributed by atoms with Crippen molar-refractivity contribution in [3.05, 3.63) is 64.7 Å². The summed E-state index contributed by atoms with van der Waals surface area (Å²) in [5, 5.41) is 0.721. The van der Waals surface area contributed by atoms with Crippen molar-refractivity contribution in [1.29, 1.82) is 0 Å². The van der Waals surface area contributed by atoms with E-state index in [4.69, 9.17) is 16.3 Å². The van der Waals surface area contributed by atoms with Crippen molar-refractivity contribution in [1.82, 2.24) is 0 Å². The third-order valence-electron chi connectivity index (χ3n) is 4.34. The first-order valence-corrected chi connectivity index (χ1v) is 8.44. The smallest absolute Gasteiger partial charge is 0.139 e. The molecule has 1 aliphatic rings. The highest BCUT2D eigenvalue weighted by atomic mass is 35.5. The number of benzene rings is 2. The summed E-state index contributed by atoms with van der Waals surface area (Å²) in [6, 6.07) is 15.6. The van der Waals surface area contributed by atoms with Crippen molar-refractivity contribution >= 4 is 23.1 Å². The van der Waals surface area contributed by atoms with Gasteiger partial charge in [-0.3, -0.25) is 9.79 Å². The van der Waals surface area contributed by atoms with Crippen LogP contribution in [-0.2, 0) is 11.3 Å². The zero-order valence-corrected chi connectivity index (χ0v) is 14.4. The maximum Gasteiger partial charge on any atom is 0.139 e. The molecule has 0 aliphatic heterocycles. The van der Waals surface area contributed by atoms with Crippen LogP contribution in [0.1, 0.15) is 36.3 Å². The molecule has 0 bridgehead atoms. The van der Waals surface area contributed by atoms with Gasteiger partial charge in [0.05, 0.1) is 13.7 Å². The van der Waals surface area contributed by atoms with Gasteiger partial charge in [0.15, 0.2) is 0 Å². The van der Waals surface area contributed by atoms with Crippen molar-refractivity contribution < 1.29 is 9.53 Å². The van der Waals surface area contributed by atoms with Gasteiger partial charge >= 0.3 is 0 Å². The minimum absolute atomic E-state index is 0.209. The lowest BCUT2D eigenvalue weighted by atomic mass is 9.82. The summed E-state index contributed by atoms with van der Waals surface area (Å²) < 4.78 is 5.19. The summed E-state index contributed by atoms with van der Waals surface area (Å²) in [7, 11) is 1.65. The van der Waals surface area contributed by atoms with Crippen LogP contribution >= 0.6 is 11.6 Å². The largest absolute Gasteiger partial charge is 0.497 e. The SMILES string of the molecule is COc1ccc([C@H]2CC(=O)CC(=NCc3ccc(Cl)cc3)C2)cc1. The molecule has 3 nitrogen and oxygen atoms in total. The van der Waals surface area contributed by atoms with Gasteiger partial charge in [-0.2, -0.15) is 0 Å². The maximum atomic E-state index is 12.1. The number of carbonyl (C=O) groups excluding carboxylic acids is 1. The van der Waals surface area contributed by atoms with E-state index in [1.807, 2.05) is 48.5 Å². The van der Waals surface area contributed by atoms with Crippen LogP contribution in [0, 0.1) is 0 Å². The predicted molar refractivity (Wildman–Crippen MR) is 97.2 cm³/mol. The minimum Gasteiger partial charge on any atom is -0.497 e. The summed E-state index contributed by atoms with van der Waals surface area (Å²) >= 11 is 5.90. The number of Topliss-reactive ketones (excluding diaryl/α,β-unsaturated/α-hetero) is 1. The van der Waals surface area contributed by atoms with E-state index in [0.717, 1.165) is 28.5 Å². The Morgan fingerprint density at radius 2 is 1.79 bits per heavy atom. The second-order valence-electron chi connectivity index (χ2n) is 6.10. The molecule has 1 aliphatic carbocycles. The number of halogens is 1. The molecule has 0 saturated heterocycles. The standard InChI is InChI=1S/C20H20ClNO2/c1-24-20-8-4-15(5-9-20)16-10-18(12-19(23)11-16)22-13-14-2-6-17(21)7-3-14/h2-9,16H,10-13H2,1H3/t16-/m1/s1. The lowest BCUT2D eigenvalue weighted by Crippen LogP contribution is -2.21. The highest BCUT2D eigenvalue weighted by Gasteiger charge is 2.25. The second-order valence-corrected chi connectivity index (χ2v) is 6.54. The van der Waals surface area contributed by atoms with E-state index >= 15 is 0 Å². The van der Waals surface area contributed by atoms with Gasteiger partial charge in [0.2, 0.25) is 0 Å². The average molecular weight is 342 g/mol. The monoisotopic (exact) mass is 341 g/mol. The Bertz CT molecular complexity index is 735. The van der Waals surface area contributed by atoms with E-state index in [9.17, 15) is 4.79 Å². The molecule has 2 aromatic carbocycles. The Kier molecular flexibility index (Phi) is 5.31. The molecule has 0 unspecified atom stereocenters. The summed E-state index contributed by atoms with van der Waals surface area (Å²) in [6.07, 6.45) is 1.90. The highest BCUT2D eigenvalue weighted by Crippen LogP contribution is 2.31. The van der Waals surface area contributed by atoms with Gasteiger partial charge in [0.25, 0.3) is 0 Å². The van der Waals surface area contributed by atoms with Crippen LogP contribution in [0.2, 0.25) is 5.02 Å². The molecule has 0 amide bonds. The van der Waals surface area contributed by atoms with Crippen LogP contribution in [0.3, 0.4) is 0 Å². The van der Waals surface area contributed by atoms with E-state index in [0.29, 0.717) is 19.4 Å². The number of rotatable bonds is 4. The van der Waals surface area contributed by atoms with Crippen molar-refractivity contribution in [2.45, 2.75) is 31.7 Å². The number of ether oxygens (including phenoxy) is 1. The normalized spacial score (nSPS) is 19.5. The third-order valence-corrected chi connectivity index (χ3v) is 4.59. The Morgan fingerprint density at radius 1 is 1.08 bits per heavy atom. The predicted octanol–water partition coefficient (Wildman–Crippen LogP) is 4.83. The van der Waals surface area contributed by atoms with Gasteiger partial charge in [0, 0.05) is 23.6 Å². The summed E-state index contributed by atoms with van der Waals surface area (Å²) in [6.45, 7) is 0.592. The number of nitrogens with zero attached hydrogens (tertiary/aromatic N) is 1. The molecule has 0 N–H and O–H groups in total. The van der Waals surface area contributed by atoms with E-state index < -0.39 is 0 Å². The van der Waals surface area contributed by atoms with Crippen LogP contribution in [0.5, 0.6) is 5.75 Å². The Morgan fingerprint density at radius 3 is 2.46 bits per heavy atom. The maximum absolute atomic E-state index is 12.1. The molecule has 24 heavy (non-hydrogen) atoms. The summed E-state index contributed by atoms with van der Waals surface area (Å²) in [5.74, 6) is 1.30. The van der Waals surface area contributed by atoms with Crippen LogP contribution in [0.15, 0.2) is 53.5 Å². The number of ketones is 1. The lowest BCUT2D eigenvalue weighted by molar-refractivity contribution is -0.118. The highest BCUT2D eigenvalue weighted by molar-refractivity contribution is 6.30. The van der Waals surface area contributed by atoms with Crippen LogP contribution in [0.25, 0.3) is 0 Å². The number of methoxy groups -OCH3 is 1. The average Bonchev–Trinajstić information content (AvgIpc) is 2.61. The molecule has 3 rings (SSSR count). The molecule has 0 heterocycles. The van der Waals surface area contributed by atoms with Gasteiger partial charge < -0.3 is 4.74 Å². The Balaban J connectivity index is 1.71. The van der Waals surface area contributed by atoms with Crippen molar-refractivity contribution in [3.8, 4) is 5.75 Å². The van der Waals surface area contributed by atoms with E-state index in [-0.39, 0.29) is 11.7 Å². The van der Waals surface area contributed by atoms with Gasteiger partial charge in [-0.25, -0.2) is 0 Å². The topological polar surface area (TPSA) is 38.7 Å². The molecule has 0 radical (unpaired) electrons. The molecule has 0 spiro atoms. The van der Waals surface area contributed by atoms with Crippen LogP contribution in [0.4, 0.5) is 0 Å². The van der Waals surface area contributed by atoms with Crippen molar-refractivity contribution in [2.75, 3.05) is 7.11 Å². The number of hydrogen-bond acceptors (Lipinski definition) is 3. The molecule has 1 fully saturated rings. The second kappa shape index (κ2) is 7.63. The Hall–Kier alpha value is -2.13. The minimum atomic E-state index is 0.209. The number of aliphatic imine (C=N–C) groups is 1. The summed E-state index contributed by atoms with van der Waals surface area (Å²) in [4.78, 5) is 16.8. The van der Waals surface area contributed by atoms with E-state index in [2.05, 4.69) is 4.99 Å². The number of carbonyl (C=O) groups is 1. The Labute approximate surface area is 147 Å². The van der Waals surface area contributed by atoms with Crippen molar-refractivity contribution in [2.24, 2.45) is 4.99 Å². The molecule has 2 aromatic rings. The van der Waals surface area contributed by atoms with Gasteiger partial charge in [0.1, 0.15) is 11.5 Å². The van der Waals surface area contributed by atoms with Crippen LogP contribution in [-0.4, -0.2) is 18.6 Å². The third kappa shape index (κ3) is 4.24. The van der Waals surface area contributed by atoms with E-state index in [1.165, 1.54) is 5.56 Å². The fraction of sp³-hybridized carbons (Fsp3) is 0.300.